The largest absolute Gasteiger partial charge is 0.326 e. The SMILES string of the molecule is Cc1ccc2sc(-c3ccc(CN)cn3)nc2c1. The van der Waals surface area contributed by atoms with Gasteiger partial charge in [-0.15, -0.1) is 11.3 Å². The van der Waals surface area contributed by atoms with E-state index in [4.69, 9.17) is 5.73 Å². The monoisotopic (exact) mass is 255 g/mol. The fourth-order valence-corrected chi connectivity index (χ4v) is 2.74. The molecule has 0 saturated carbocycles. The van der Waals surface area contributed by atoms with E-state index in [0.29, 0.717) is 6.54 Å². The van der Waals surface area contributed by atoms with Crippen LogP contribution in [0.2, 0.25) is 0 Å². The van der Waals surface area contributed by atoms with Crippen molar-refractivity contribution in [3.63, 3.8) is 0 Å². The summed E-state index contributed by atoms with van der Waals surface area (Å²) in [7, 11) is 0. The first kappa shape index (κ1) is 11.3. The maximum Gasteiger partial charge on any atom is 0.143 e. The number of fused-ring (bicyclic) bond motifs is 1. The fourth-order valence-electron chi connectivity index (χ4n) is 1.82. The lowest BCUT2D eigenvalue weighted by Gasteiger charge is -1.97. The molecule has 0 unspecified atom stereocenters. The van der Waals surface area contributed by atoms with Gasteiger partial charge in [0.05, 0.1) is 15.9 Å². The van der Waals surface area contributed by atoms with E-state index in [-0.39, 0.29) is 0 Å². The van der Waals surface area contributed by atoms with Crippen LogP contribution >= 0.6 is 11.3 Å². The minimum Gasteiger partial charge on any atom is -0.326 e. The highest BCUT2D eigenvalue weighted by atomic mass is 32.1. The van der Waals surface area contributed by atoms with Crippen LogP contribution in [0.5, 0.6) is 0 Å². The van der Waals surface area contributed by atoms with Crippen LogP contribution in [-0.2, 0) is 6.54 Å². The van der Waals surface area contributed by atoms with Gasteiger partial charge in [0.1, 0.15) is 5.01 Å². The van der Waals surface area contributed by atoms with E-state index in [2.05, 4.69) is 35.1 Å². The number of thiazole rings is 1. The Morgan fingerprint density at radius 1 is 1.22 bits per heavy atom. The van der Waals surface area contributed by atoms with Crippen LogP contribution in [0, 0.1) is 6.92 Å². The number of benzene rings is 1. The minimum absolute atomic E-state index is 0.520. The molecule has 0 aliphatic rings. The molecule has 90 valence electrons. The molecule has 0 aliphatic heterocycles. The predicted octanol–water partition coefficient (Wildman–Crippen LogP) is 3.13. The van der Waals surface area contributed by atoms with Gasteiger partial charge in [0, 0.05) is 12.7 Å². The van der Waals surface area contributed by atoms with Crippen molar-refractivity contribution in [3.05, 3.63) is 47.7 Å². The average molecular weight is 255 g/mol. The first-order chi connectivity index (χ1) is 8.76. The van der Waals surface area contributed by atoms with Crippen molar-refractivity contribution >= 4 is 21.6 Å². The molecule has 0 bridgehead atoms. The van der Waals surface area contributed by atoms with E-state index >= 15 is 0 Å². The van der Waals surface area contributed by atoms with Gasteiger partial charge in [-0.05, 0) is 36.2 Å². The Balaban J connectivity index is 2.07. The van der Waals surface area contributed by atoms with Crippen LogP contribution in [0.3, 0.4) is 0 Å². The summed E-state index contributed by atoms with van der Waals surface area (Å²) in [6, 6.07) is 10.3. The standard InChI is InChI=1S/C14H13N3S/c1-9-2-5-13-12(6-9)17-14(18-13)11-4-3-10(7-15)8-16-11/h2-6,8H,7,15H2,1H3. The van der Waals surface area contributed by atoms with Gasteiger partial charge in [-0.1, -0.05) is 12.1 Å². The number of aromatic nitrogens is 2. The smallest absolute Gasteiger partial charge is 0.143 e. The second-order valence-electron chi connectivity index (χ2n) is 4.25. The topological polar surface area (TPSA) is 51.8 Å². The van der Waals surface area contributed by atoms with Gasteiger partial charge in [-0.3, -0.25) is 4.98 Å². The Bertz CT molecular complexity index is 686. The molecule has 3 rings (SSSR count). The quantitative estimate of drug-likeness (QED) is 0.765. The normalized spacial score (nSPS) is 11.0. The molecule has 3 nitrogen and oxygen atoms in total. The molecule has 0 spiro atoms. The van der Waals surface area contributed by atoms with Crippen LogP contribution in [0.25, 0.3) is 20.9 Å². The summed E-state index contributed by atoms with van der Waals surface area (Å²) in [5, 5.41) is 0.958. The number of nitrogens with two attached hydrogens (primary N) is 1. The van der Waals surface area contributed by atoms with Gasteiger partial charge in [0.2, 0.25) is 0 Å². The third kappa shape index (κ3) is 2.00. The van der Waals surface area contributed by atoms with E-state index < -0.39 is 0 Å². The van der Waals surface area contributed by atoms with Crippen LogP contribution in [-0.4, -0.2) is 9.97 Å². The van der Waals surface area contributed by atoms with Crippen molar-refractivity contribution < 1.29 is 0 Å². The Labute approximate surface area is 109 Å². The highest BCUT2D eigenvalue weighted by Gasteiger charge is 2.07. The fraction of sp³-hybridized carbons (Fsp3) is 0.143. The van der Waals surface area contributed by atoms with Crippen LogP contribution in [0.15, 0.2) is 36.5 Å². The van der Waals surface area contributed by atoms with Crippen LogP contribution < -0.4 is 5.73 Å². The van der Waals surface area contributed by atoms with E-state index in [9.17, 15) is 0 Å². The first-order valence-corrected chi connectivity index (χ1v) is 6.60. The number of hydrogen-bond acceptors (Lipinski definition) is 4. The summed E-state index contributed by atoms with van der Waals surface area (Å²) in [5.41, 5.74) is 9.78. The lowest BCUT2D eigenvalue weighted by molar-refractivity contribution is 1.05. The molecule has 0 aliphatic carbocycles. The lowest BCUT2D eigenvalue weighted by Crippen LogP contribution is -1.96. The number of nitrogens with zero attached hydrogens (tertiary/aromatic N) is 2. The summed E-state index contributed by atoms with van der Waals surface area (Å²) in [5.74, 6) is 0. The molecule has 2 N–H and O–H groups in total. The van der Waals surface area contributed by atoms with Crippen molar-refractivity contribution in [3.8, 4) is 10.7 Å². The molecule has 0 amide bonds. The molecule has 0 saturated heterocycles. The first-order valence-electron chi connectivity index (χ1n) is 5.79. The van der Waals surface area contributed by atoms with E-state index in [1.807, 2.05) is 18.3 Å². The van der Waals surface area contributed by atoms with E-state index in [1.54, 1.807) is 11.3 Å². The number of hydrogen-bond donors (Lipinski definition) is 1. The number of pyridine rings is 1. The Hall–Kier alpha value is -1.78. The van der Waals surface area contributed by atoms with Gasteiger partial charge < -0.3 is 5.73 Å². The van der Waals surface area contributed by atoms with E-state index in [1.165, 1.54) is 10.3 Å². The van der Waals surface area contributed by atoms with Crippen molar-refractivity contribution in [1.29, 1.82) is 0 Å². The third-order valence-electron chi connectivity index (χ3n) is 2.82. The second kappa shape index (κ2) is 4.48. The molecule has 4 heteroatoms. The van der Waals surface area contributed by atoms with Gasteiger partial charge in [-0.25, -0.2) is 4.98 Å². The second-order valence-corrected chi connectivity index (χ2v) is 5.28. The van der Waals surface area contributed by atoms with Gasteiger partial charge in [-0.2, -0.15) is 0 Å². The molecule has 3 aromatic rings. The third-order valence-corrected chi connectivity index (χ3v) is 3.88. The molecule has 2 aromatic heterocycles. The van der Waals surface area contributed by atoms with E-state index in [0.717, 1.165) is 21.8 Å². The Kier molecular flexibility index (Phi) is 2.81. The zero-order valence-corrected chi connectivity index (χ0v) is 10.9. The Morgan fingerprint density at radius 2 is 2.11 bits per heavy atom. The lowest BCUT2D eigenvalue weighted by atomic mass is 10.2. The highest BCUT2D eigenvalue weighted by Crippen LogP contribution is 2.29. The zero-order chi connectivity index (χ0) is 12.5. The Morgan fingerprint density at radius 3 is 2.83 bits per heavy atom. The zero-order valence-electron chi connectivity index (χ0n) is 10.1. The molecule has 2 heterocycles. The predicted molar refractivity (Wildman–Crippen MR) is 75.5 cm³/mol. The van der Waals surface area contributed by atoms with Gasteiger partial charge >= 0.3 is 0 Å². The number of aryl methyl sites for hydroxylation is 1. The summed E-state index contributed by atoms with van der Waals surface area (Å²) < 4.78 is 1.19. The van der Waals surface area contributed by atoms with Crippen molar-refractivity contribution in [2.75, 3.05) is 0 Å². The molecule has 0 fully saturated rings. The molecular weight excluding hydrogens is 242 g/mol. The molecule has 0 atom stereocenters. The van der Waals surface area contributed by atoms with Crippen LogP contribution in [0.1, 0.15) is 11.1 Å². The summed E-state index contributed by atoms with van der Waals surface area (Å²) in [4.78, 5) is 9.03. The maximum atomic E-state index is 5.56. The summed E-state index contributed by atoms with van der Waals surface area (Å²) in [6.45, 7) is 2.60. The average Bonchev–Trinajstić information content (AvgIpc) is 2.81. The van der Waals surface area contributed by atoms with Crippen LogP contribution in [0.4, 0.5) is 0 Å². The molecular formula is C14H13N3S. The summed E-state index contributed by atoms with van der Waals surface area (Å²) >= 11 is 1.67. The van der Waals surface area contributed by atoms with Crippen molar-refractivity contribution in [2.24, 2.45) is 5.73 Å². The molecule has 1 aromatic carbocycles. The van der Waals surface area contributed by atoms with Gasteiger partial charge in [0.25, 0.3) is 0 Å². The molecule has 0 radical (unpaired) electrons. The minimum atomic E-state index is 0.520. The van der Waals surface area contributed by atoms with Gasteiger partial charge in [0.15, 0.2) is 0 Å². The number of rotatable bonds is 2. The maximum absolute atomic E-state index is 5.56. The van der Waals surface area contributed by atoms with Crippen molar-refractivity contribution in [1.82, 2.24) is 9.97 Å². The highest BCUT2D eigenvalue weighted by molar-refractivity contribution is 7.21. The van der Waals surface area contributed by atoms with Crippen molar-refractivity contribution in [2.45, 2.75) is 13.5 Å². The molecule has 18 heavy (non-hydrogen) atoms. The summed E-state index contributed by atoms with van der Waals surface area (Å²) in [6.07, 6.45) is 1.81.